The summed E-state index contributed by atoms with van der Waals surface area (Å²) in [5.74, 6) is 0. The van der Waals surface area contributed by atoms with E-state index in [1.165, 1.54) is 13.1 Å². The summed E-state index contributed by atoms with van der Waals surface area (Å²) < 4.78 is 16.8. The number of hydrogen-bond donors (Lipinski definition) is 3. The molecule has 0 bridgehead atoms. The molecule has 0 aromatic carbocycles. The largest absolute Gasteiger partial charge is 0.364 e. The van der Waals surface area contributed by atoms with E-state index >= 15 is 0 Å². The van der Waals surface area contributed by atoms with E-state index in [2.05, 4.69) is 15.0 Å². The topological polar surface area (TPSA) is 170 Å². The zero-order valence-corrected chi connectivity index (χ0v) is 11.9. The van der Waals surface area contributed by atoms with Gasteiger partial charge in [0.15, 0.2) is 0 Å². The van der Waals surface area contributed by atoms with Crippen molar-refractivity contribution >= 4 is 7.60 Å². The predicted octanol–water partition coefficient (Wildman–Crippen LogP) is -0.324. The summed E-state index contributed by atoms with van der Waals surface area (Å²) in [5, 5.41) is 3.25. The highest BCUT2D eigenvalue weighted by Crippen LogP contribution is 2.34. The summed E-state index contributed by atoms with van der Waals surface area (Å²) in [7, 11) is -4.39. The third-order valence-corrected chi connectivity index (χ3v) is 2.90. The fourth-order valence-electron chi connectivity index (χ4n) is 1.47. The van der Waals surface area contributed by atoms with E-state index in [0.29, 0.717) is 0 Å². The minimum Gasteiger partial charge on any atom is -0.364 e. The molecule has 0 spiro atoms. The maximum atomic E-state index is 11.6. The smallest absolute Gasteiger partial charge is 0.350 e. The van der Waals surface area contributed by atoms with Crippen molar-refractivity contribution in [1.82, 2.24) is 9.55 Å². The summed E-state index contributed by atoms with van der Waals surface area (Å²) >= 11 is 0. The minimum absolute atomic E-state index is 0.129. The first-order valence-electron chi connectivity index (χ1n) is 5.70. The van der Waals surface area contributed by atoms with Crippen molar-refractivity contribution in [2.24, 2.45) is 5.11 Å². The van der Waals surface area contributed by atoms with Gasteiger partial charge in [-0.1, -0.05) is 5.11 Å². The van der Waals surface area contributed by atoms with Gasteiger partial charge in [0.25, 0.3) is 5.56 Å². The third kappa shape index (κ3) is 5.94. The molecule has 0 aliphatic heterocycles. The van der Waals surface area contributed by atoms with Crippen molar-refractivity contribution in [2.45, 2.75) is 19.6 Å². The standard InChI is InChI=1S/C9H14N5O6P/c1-6-3-14(9(16)12-8(6)15)4-7(2-11-13-10)20-5-21(17,18)19/h3,7H,2,4-5H2,1H3,(H,12,15,16)(H2,17,18,19)/t7-/m1/s1. The van der Waals surface area contributed by atoms with Crippen LogP contribution in [0.4, 0.5) is 0 Å². The molecule has 116 valence electrons. The number of aryl methyl sites for hydroxylation is 1. The average Bonchev–Trinajstić information content (AvgIpc) is 2.37. The molecule has 0 radical (unpaired) electrons. The van der Waals surface area contributed by atoms with Crippen molar-refractivity contribution in [3.05, 3.63) is 43.0 Å². The highest BCUT2D eigenvalue weighted by Gasteiger charge is 2.18. The van der Waals surface area contributed by atoms with Crippen molar-refractivity contribution in [1.29, 1.82) is 0 Å². The van der Waals surface area contributed by atoms with Crippen molar-refractivity contribution < 1.29 is 19.1 Å². The van der Waals surface area contributed by atoms with Crippen LogP contribution in [-0.2, 0) is 15.8 Å². The van der Waals surface area contributed by atoms with Crippen molar-refractivity contribution in [2.75, 3.05) is 12.9 Å². The van der Waals surface area contributed by atoms with Gasteiger partial charge in [-0.3, -0.25) is 18.9 Å². The molecule has 12 heteroatoms. The van der Waals surface area contributed by atoms with Gasteiger partial charge in [-0.15, -0.1) is 0 Å². The number of azide groups is 1. The first kappa shape index (κ1) is 17.2. The Labute approximate surface area is 118 Å². The Kier molecular flexibility index (Phi) is 5.89. The molecule has 0 aliphatic carbocycles. The van der Waals surface area contributed by atoms with Crippen LogP contribution in [0.15, 0.2) is 20.9 Å². The minimum atomic E-state index is -4.39. The van der Waals surface area contributed by atoms with Crippen LogP contribution in [-0.4, -0.2) is 38.3 Å². The molecule has 1 aromatic heterocycles. The van der Waals surface area contributed by atoms with Crippen LogP contribution in [0.25, 0.3) is 10.4 Å². The van der Waals surface area contributed by atoms with Crippen LogP contribution >= 0.6 is 7.60 Å². The fourth-order valence-corrected chi connectivity index (χ4v) is 1.87. The van der Waals surface area contributed by atoms with Gasteiger partial charge in [-0.2, -0.15) is 0 Å². The number of nitrogens with zero attached hydrogens (tertiary/aromatic N) is 4. The second kappa shape index (κ2) is 7.21. The number of aromatic nitrogens is 2. The van der Waals surface area contributed by atoms with E-state index in [4.69, 9.17) is 20.1 Å². The van der Waals surface area contributed by atoms with Gasteiger partial charge < -0.3 is 14.5 Å². The lowest BCUT2D eigenvalue weighted by atomic mass is 10.3. The molecule has 11 nitrogen and oxygen atoms in total. The lowest BCUT2D eigenvalue weighted by Crippen LogP contribution is -2.35. The van der Waals surface area contributed by atoms with Crippen LogP contribution < -0.4 is 11.2 Å². The first-order chi connectivity index (χ1) is 9.73. The molecular weight excluding hydrogens is 305 g/mol. The molecule has 1 atom stereocenters. The molecule has 3 N–H and O–H groups in total. The molecule has 0 saturated carbocycles. The summed E-state index contributed by atoms with van der Waals surface area (Å²) in [6, 6.07) is 0. The fraction of sp³-hybridized carbons (Fsp3) is 0.556. The summed E-state index contributed by atoms with van der Waals surface area (Å²) in [6.07, 6.45) is -0.502. The number of nitrogens with one attached hydrogen (secondary N) is 1. The highest BCUT2D eigenvalue weighted by molar-refractivity contribution is 7.51. The van der Waals surface area contributed by atoms with E-state index < -0.39 is 31.3 Å². The quantitative estimate of drug-likeness (QED) is 0.269. The molecule has 0 unspecified atom stereocenters. The molecule has 0 aliphatic rings. The molecule has 0 saturated heterocycles. The van der Waals surface area contributed by atoms with Gasteiger partial charge in [0.2, 0.25) is 0 Å². The van der Waals surface area contributed by atoms with E-state index in [0.717, 1.165) is 4.57 Å². The van der Waals surface area contributed by atoms with Crippen LogP contribution in [0, 0.1) is 6.92 Å². The molecule has 0 amide bonds. The molecule has 0 fully saturated rings. The molecule has 1 aromatic rings. The predicted molar refractivity (Wildman–Crippen MR) is 71.9 cm³/mol. The Balaban J connectivity index is 2.92. The van der Waals surface area contributed by atoms with Crippen LogP contribution in [0.5, 0.6) is 0 Å². The number of hydrogen-bond acceptors (Lipinski definition) is 5. The first-order valence-corrected chi connectivity index (χ1v) is 7.50. The Morgan fingerprint density at radius 2 is 2.24 bits per heavy atom. The highest BCUT2D eigenvalue weighted by atomic mass is 31.2. The van der Waals surface area contributed by atoms with Crippen LogP contribution in [0.2, 0.25) is 0 Å². The monoisotopic (exact) mass is 319 g/mol. The molecule has 1 rings (SSSR count). The van der Waals surface area contributed by atoms with Crippen molar-refractivity contribution in [3.63, 3.8) is 0 Å². The summed E-state index contributed by atoms with van der Waals surface area (Å²) in [6.45, 7) is 1.14. The number of aromatic amines is 1. The second-order valence-corrected chi connectivity index (χ2v) is 5.81. The Bertz CT molecular complexity index is 699. The van der Waals surface area contributed by atoms with Gasteiger partial charge in [0, 0.05) is 16.7 Å². The van der Waals surface area contributed by atoms with Gasteiger partial charge in [0.1, 0.15) is 6.35 Å². The normalized spacial score (nSPS) is 12.7. The molecule has 21 heavy (non-hydrogen) atoms. The summed E-state index contributed by atoms with van der Waals surface area (Å²) in [4.78, 5) is 45.0. The average molecular weight is 319 g/mol. The third-order valence-electron chi connectivity index (χ3n) is 2.42. The Morgan fingerprint density at radius 3 is 2.81 bits per heavy atom. The van der Waals surface area contributed by atoms with E-state index in [1.54, 1.807) is 0 Å². The molecular formula is C9H14N5O6P. The van der Waals surface area contributed by atoms with Gasteiger partial charge in [-0.25, -0.2) is 4.79 Å². The van der Waals surface area contributed by atoms with E-state index in [-0.39, 0.29) is 18.7 Å². The second-order valence-electron chi connectivity index (χ2n) is 4.22. The number of H-pyrrole nitrogens is 1. The zero-order chi connectivity index (χ0) is 16.0. The van der Waals surface area contributed by atoms with Crippen LogP contribution in [0.1, 0.15) is 5.56 Å². The van der Waals surface area contributed by atoms with E-state index in [9.17, 15) is 14.2 Å². The zero-order valence-electron chi connectivity index (χ0n) is 11.0. The lowest BCUT2D eigenvalue weighted by molar-refractivity contribution is 0.0674. The number of ether oxygens (including phenoxy) is 1. The SMILES string of the molecule is Cc1cn(C[C@@H](CN=[N+]=[N-])OCP(=O)(O)O)c(=O)[nH]c1=O. The lowest BCUT2D eigenvalue weighted by Gasteiger charge is -2.17. The van der Waals surface area contributed by atoms with E-state index in [1.807, 2.05) is 0 Å². The van der Waals surface area contributed by atoms with Gasteiger partial charge in [-0.05, 0) is 12.5 Å². The van der Waals surface area contributed by atoms with Crippen molar-refractivity contribution in [3.8, 4) is 0 Å². The maximum Gasteiger partial charge on any atom is 0.350 e. The van der Waals surface area contributed by atoms with Crippen LogP contribution in [0.3, 0.4) is 0 Å². The number of rotatable bonds is 7. The Morgan fingerprint density at radius 1 is 1.57 bits per heavy atom. The Hall–Kier alpha value is -1.90. The van der Waals surface area contributed by atoms with Gasteiger partial charge >= 0.3 is 13.3 Å². The summed E-state index contributed by atoms with van der Waals surface area (Å²) in [5.41, 5.74) is 7.34. The maximum absolute atomic E-state index is 11.6. The van der Waals surface area contributed by atoms with Gasteiger partial charge in [0.05, 0.1) is 19.2 Å². The molecule has 1 heterocycles.